The van der Waals surface area contributed by atoms with Gasteiger partial charge in [-0.3, -0.25) is 0 Å². The van der Waals surface area contributed by atoms with E-state index in [1.165, 1.54) is 0 Å². The number of rotatable bonds is 8. The summed E-state index contributed by atoms with van der Waals surface area (Å²) in [5, 5.41) is 14.7. The number of carbonyl (C=O) groups is 2. The molecule has 1 rings (SSSR count). The van der Waals surface area contributed by atoms with E-state index in [0.29, 0.717) is 19.4 Å². The molecule has 0 spiro atoms. The van der Waals surface area contributed by atoms with Crippen LogP contribution in [-0.4, -0.2) is 42.9 Å². The predicted octanol–water partition coefficient (Wildman–Crippen LogP) is 1.89. The highest BCUT2D eigenvalue weighted by molar-refractivity contribution is 5.86. The average Bonchev–Trinajstić information content (AvgIpc) is 2.43. The molecule has 0 radical (unpaired) electrons. The molecule has 0 aliphatic heterocycles. The molecule has 1 aliphatic rings. The van der Waals surface area contributed by atoms with Gasteiger partial charge in [-0.05, 0) is 32.1 Å². The van der Waals surface area contributed by atoms with E-state index in [2.05, 4.69) is 10.6 Å². The van der Waals surface area contributed by atoms with Crippen molar-refractivity contribution in [3.05, 3.63) is 0 Å². The molecule has 2 amide bonds. The standard InChI is InChI=1S/C14H26N2O4/c1-20-11-7-3-6-10-15-13(19)16-14(12(17)18)8-4-2-5-9-14/h2-11H2,1H3,(H,17,18)(H2,15,16,19). The lowest BCUT2D eigenvalue weighted by molar-refractivity contribution is -0.145. The van der Waals surface area contributed by atoms with Crippen molar-refractivity contribution in [2.75, 3.05) is 20.3 Å². The van der Waals surface area contributed by atoms with Gasteiger partial charge < -0.3 is 20.5 Å². The number of ether oxygens (including phenoxy) is 1. The van der Waals surface area contributed by atoms with E-state index in [1.807, 2.05) is 0 Å². The van der Waals surface area contributed by atoms with Crippen LogP contribution in [0.2, 0.25) is 0 Å². The Balaban J connectivity index is 2.27. The molecular formula is C14H26N2O4. The largest absolute Gasteiger partial charge is 0.480 e. The highest BCUT2D eigenvalue weighted by Crippen LogP contribution is 2.28. The van der Waals surface area contributed by atoms with E-state index in [4.69, 9.17) is 4.74 Å². The molecule has 20 heavy (non-hydrogen) atoms. The molecule has 0 heterocycles. The summed E-state index contributed by atoms with van der Waals surface area (Å²) in [6.45, 7) is 1.29. The molecule has 0 aromatic rings. The van der Waals surface area contributed by atoms with Crippen molar-refractivity contribution >= 4 is 12.0 Å². The fourth-order valence-corrected chi connectivity index (χ4v) is 2.56. The minimum Gasteiger partial charge on any atom is -0.480 e. The molecule has 0 unspecified atom stereocenters. The van der Waals surface area contributed by atoms with Gasteiger partial charge >= 0.3 is 12.0 Å². The number of carboxylic acid groups (broad SMARTS) is 1. The van der Waals surface area contributed by atoms with Crippen LogP contribution in [-0.2, 0) is 9.53 Å². The van der Waals surface area contributed by atoms with Crippen LogP contribution in [0.5, 0.6) is 0 Å². The third-order valence-corrected chi connectivity index (χ3v) is 3.78. The normalized spacial score (nSPS) is 17.4. The molecule has 1 aliphatic carbocycles. The van der Waals surface area contributed by atoms with Crippen LogP contribution in [0.4, 0.5) is 4.79 Å². The maximum absolute atomic E-state index is 11.8. The highest BCUT2D eigenvalue weighted by atomic mass is 16.5. The van der Waals surface area contributed by atoms with Gasteiger partial charge in [0.15, 0.2) is 0 Å². The number of nitrogens with one attached hydrogen (secondary N) is 2. The summed E-state index contributed by atoms with van der Waals surface area (Å²) in [5.41, 5.74) is -1.07. The molecule has 0 atom stereocenters. The van der Waals surface area contributed by atoms with Crippen LogP contribution < -0.4 is 10.6 Å². The molecular weight excluding hydrogens is 260 g/mol. The molecule has 0 saturated heterocycles. The molecule has 1 fully saturated rings. The Kier molecular flexibility index (Phi) is 7.36. The van der Waals surface area contributed by atoms with Gasteiger partial charge in [0, 0.05) is 20.3 Å². The second kappa shape index (κ2) is 8.79. The minimum absolute atomic E-state index is 0.374. The van der Waals surface area contributed by atoms with Crippen molar-refractivity contribution in [1.82, 2.24) is 10.6 Å². The zero-order valence-electron chi connectivity index (χ0n) is 12.2. The first-order valence-corrected chi connectivity index (χ1v) is 7.39. The van der Waals surface area contributed by atoms with Crippen LogP contribution in [0.3, 0.4) is 0 Å². The van der Waals surface area contributed by atoms with Gasteiger partial charge in [0.1, 0.15) is 5.54 Å². The first-order valence-electron chi connectivity index (χ1n) is 7.39. The van der Waals surface area contributed by atoms with Crippen molar-refractivity contribution in [2.24, 2.45) is 0 Å². The number of aliphatic carboxylic acids is 1. The topological polar surface area (TPSA) is 87.7 Å². The smallest absolute Gasteiger partial charge is 0.329 e. The lowest BCUT2D eigenvalue weighted by Gasteiger charge is -2.33. The number of amides is 2. The Labute approximate surface area is 120 Å². The summed E-state index contributed by atoms with van der Waals surface area (Å²) in [6, 6.07) is -0.374. The van der Waals surface area contributed by atoms with Crippen molar-refractivity contribution in [3.63, 3.8) is 0 Å². The molecule has 0 aromatic heterocycles. The summed E-state index contributed by atoms with van der Waals surface area (Å²) in [6.07, 6.45) is 6.60. The van der Waals surface area contributed by atoms with Crippen molar-refractivity contribution in [1.29, 1.82) is 0 Å². The Morgan fingerprint density at radius 2 is 1.85 bits per heavy atom. The van der Waals surface area contributed by atoms with E-state index in [9.17, 15) is 14.7 Å². The molecule has 0 bridgehead atoms. The molecule has 116 valence electrons. The van der Waals surface area contributed by atoms with Crippen molar-refractivity contribution < 1.29 is 19.4 Å². The van der Waals surface area contributed by atoms with Gasteiger partial charge in [-0.2, -0.15) is 0 Å². The SMILES string of the molecule is COCCCCCNC(=O)NC1(C(=O)O)CCCCC1. The Morgan fingerprint density at radius 1 is 1.15 bits per heavy atom. The van der Waals surface area contributed by atoms with Gasteiger partial charge in [-0.25, -0.2) is 9.59 Å². The number of carboxylic acids is 1. The van der Waals surface area contributed by atoms with E-state index in [0.717, 1.165) is 45.1 Å². The molecule has 1 saturated carbocycles. The molecule has 6 heteroatoms. The molecule has 0 aromatic carbocycles. The van der Waals surface area contributed by atoms with Crippen LogP contribution in [0.1, 0.15) is 51.4 Å². The number of hydrogen-bond donors (Lipinski definition) is 3. The number of urea groups is 1. The number of methoxy groups -OCH3 is 1. The third kappa shape index (κ3) is 5.36. The van der Waals surface area contributed by atoms with Gasteiger partial charge in [-0.1, -0.05) is 19.3 Å². The lowest BCUT2D eigenvalue weighted by atomic mass is 9.82. The Morgan fingerprint density at radius 3 is 2.45 bits per heavy atom. The van der Waals surface area contributed by atoms with Crippen molar-refractivity contribution in [2.45, 2.75) is 56.9 Å². The van der Waals surface area contributed by atoms with Gasteiger partial charge in [0.25, 0.3) is 0 Å². The second-order valence-electron chi connectivity index (χ2n) is 5.38. The van der Waals surface area contributed by atoms with Crippen molar-refractivity contribution in [3.8, 4) is 0 Å². The Bertz CT molecular complexity index is 314. The van der Waals surface area contributed by atoms with Gasteiger partial charge in [-0.15, -0.1) is 0 Å². The minimum atomic E-state index is -1.07. The van der Waals surface area contributed by atoms with E-state index >= 15 is 0 Å². The summed E-state index contributed by atoms with van der Waals surface area (Å²) in [7, 11) is 1.67. The number of carbonyl (C=O) groups excluding carboxylic acids is 1. The summed E-state index contributed by atoms with van der Waals surface area (Å²) in [4.78, 5) is 23.2. The maximum Gasteiger partial charge on any atom is 0.329 e. The molecule has 6 nitrogen and oxygen atoms in total. The summed E-state index contributed by atoms with van der Waals surface area (Å²) < 4.78 is 4.94. The lowest BCUT2D eigenvalue weighted by Crippen LogP contribution is -2.58. The Hall–Kier alpha value is -1.30. The summed E-state index contributed by atoms with van der Waals surface area (Å²) >= 11 is 0. The quantitative estimate of drug-likeness (QED) is 0.595. The second-order valence-corrected chi connectivity index (χ2v) is 5.38. The predicted molar refractivity (Wildman–Crippen MR) is 75.7 cm³/mol. The fraction of sp³-hybridized carbons (Fsp3) is 0.857. The zero-order valence-corrected chi connectivity index (χ0v) is 12.2. The third-order valence-electron chi connectivity index (χ3n) is 3.78. The number of hydrogen-bond acceptors (Lipinski definition) is 3. The maximum atomic E-state index is 11.8. The first-order chi connectivity index (χ1) is 9.60. The fourth-order valence-electron chi connectivity index (χ4n) is 2.56. The molecule has 3 N–H and O–H groups in total. The first kappa shape index (κ1) is 16.8. The van der Waals surface area contributed by atoms with Crippen LogP contribution in [0.25, 0.3) is 0 Å². The monoisotopic (exact) mass is 286 g/mol. The average molecular weight is 286 g/mol. The van der Waals surface area contributed by atoms with Crippen LogP contribution in [0, 0.1) is 0 Å². The van der Waals surface area contributed by atoms with E-state index < -0.39 is 11.5 Å². The highest BCUT2D eigenvalue weighted by Gasteiger charge is 2.40. The van der Waals surface area contributed by atoms with E-state index in [1.54, 1.807) is 7.11 Å². The van der Waals surface area contributed by atoms with Crippen LogP contribution >= 0.6 is 0 Å². The van der Waals surface area contributed by atoms with E-state index in [-0.39, 0.29) is 6.03 Å². The van der Waals surface area contributed by atoms with Gasteiger partial charge in [0.05, 0.1) is 0 Å². The zero-order chi connectivity index (χ0) is 14.8. The summed E-state index contributed by atoms with van der Waals surface area (Å²) in [5.74, 6) is -0.924. The van der Waals surface area contributed by atoms with Gasteiger partial charge in [0.2, 0.25) is 0 Å². The number of unbranched alkanes of at least 4 members (excludes halogenated alkanes) is 2. The van der Waals surface area contributed by atoms with Crippen LogP contribution in [0.15, 0.2) is 0 Å².